The third kappa shape index (κ3) is 3.36. The minimum atomic E-state index is 0.549. The molecule has 1 aliphatic heterocycles. The van der Waals surface area contributed by atoms with Crippen molar-refractivity contribution in [2.75, 3.05) is 25.5 Å². The molecule has 0 bridgehead atoms. The van der Waals surface area contributed by atoms with Crippen molar-refractivity contribution in [3.63, 3.8) is 0 Å². The van der Waals surface area contributed by atoms with Crippen LogP contribution in [-0.2, 0) is 6.54 Å². The first-order valence-corrected chi connectivity index (χ1v) is 7.46. The predicted molar refractivity (Wildman–Crippen MR) is 83.1 cm³/mol. The number of pyridine rings is 1. The summed E-state index contributed by atoms with van der Waals surface area (Å²) in [5.41, 5.74) is 2.40. The SMILES string of the molecule is CNc1ncccc1CN1CCC(c2cnccn2)CC1. The Morgan fingerprint density at radius 1 is 1.19 bits per heavy atom. The van der Waals surface area contributed by atoms with Gasteiger partial charge in [0.05, 0.1) is 5.69 Å². The molecule has 0 unspecified atom stereocenters. The van der Waals surface area contributed by atoms with Crippen molar-refractivity contribution in [2.24, 2.45) is 0 Å². The van der Waals surface area contributed by atoms with Gasteiger partial charge >= 0.3 is 0 Å². The number of anilines is 1. The molecule has 1 N–H and O–H groups in total. The Bertz CT molecular complexity index is 564. The molecule has 2 aromatic rings. The zero-order valence-corrected chi connectivity index (χ0v) is 12.4. The molecule has 0 aliphatic carbocycles. The first kappa shape index (κ1) is 13.9. The zero-order chi connectivity index (χ0) is 14.5. The fourth-order valence-corrected chi connectivity index (χ4v) is 2.94. The summed E-state index contributed by atoms with van der Waals surface area (Å²) in [6.07, 6.45) is 9.55. The fraction of sp³-hybridized carbons (Fsp3) is 0.438. The van der Waals surface area contributed by atoms with Gasteiger partial charge in [-0.25, -0.2) is 4.98 Å². The standard InChI is InChI=1S/C16H21N5/c1-17-16-14(3-2-6-20-16)12-21-9-4-13(5-10-21)15-11-18-7-8-19-15/h2-3,6-8,11,13H,4-5,9-10,12H2,1H3,(H,17,20). The quantitative estimate of drug-likeness (QED) is 0.933. The van der Waals surface area contributed by atoms with Gasteiger partial charge in [0.15, 0.2) is 0 Å². The van der Waals surface area contributed by atoms with E-state index in [9.17, 15) is 0 Å². The molecule has 0 aromatic carbocycles. The molecule has 3 heterocycles. The van der Waals surface area contributed by atoms with Gasteiger partial charge in [-0.3, -0.25) is 14.9 Å². The highest BCUT2D eigenvalue weighted by atomic mass is 15.1. The summed E-state index contributed by atoms with van der Waals surface area (Å²) in [5.74, 6) is 1.53. The second kappa shape index (κ2) is 6.63. The van der Waals surface area contributed by atoms with E-state index in [4.69, 9.17) is 0 Å². The first-order chi connectivity index (χ1) is 10.4. The Kier molecular flexibility index (Phi) is 4.40. The van der Waals surface area contributed by atoms with Crippen molar-refractivity contribution in [1.82, 2.24) is 19.9 Å². The maximum absolute atomic E-state index is 4.44. The summed E-state index contributed by atoms with van der Waals surface area (Å²) in [7, 11) is 1.92. The van der Waals surface area contributed by atoms with Crippen LogP contribution in [0, 0.1) is 0 Å². The number of nitrogens with one attached hydrogen (secondary N) is 1. The number of piperidine rings is 1. The Balaban J connectivity index is 1.59. The van der Waals surface area contributed by atoms with Gasteiger partial charge in [-0.2, -0.15) is 0 Å². The molecule has 1 aliphatic rings. The molecular formula is C16H21N5. The highest BCUT2D eigenvalue weighted by molar-refractivity contribution is 5.42. The fourth-order valence-electron chi connectivity index (χ4n) is 2.94. The van der Waals surface area contributed by atoms with Crippen LogP contribution in [0.2, 0.25) is 0 Å². The third-order valence-corrected chi connectivity index (χ3v) is 4.11. The minimum Gasteiger partial charge on any atom is -0.373 e. The van der Waals surface area contributed by atoms with Crippen molar-refractivity contribution in [2.45, 2.75) is 25.3 Å². The van der Waals surface area contributed by atoms with Crippen LogP contribution < -0.4 is 5.32 Å². The second-order valence-corrected chi connectivity index (χ2v) is 5.44. The molecule has 0 amide bonds. The van der Waals surface area contributed by atoms with Gasteiger partial charge in [-0.15, -0.1) is 0 Å². The second-order valence-electron chi connectivity index (χ2n) is 5.44. The van der Waals surface area contributed by atoms with Crippen molar-refractivity contribution < 1.29 is 0 Å². The summed E-state index contributed by atoms with van der Waals surface area (Å²) >= 11 is 0. The number of hydrogen-bond acceptors (Lipinski definition) is 5. The lowest BCUT2D eigenvalue weighted by molar-refractivity contribution is 0.203. The lowest BCUT2D eigenvalue weighted by Gasteiger charge is -2.31. The van der Waals surface area contributed by atoms with Crippen molar-refractivity contribution in [3.8, 4) is 0 Å². The van der Waals surface area contributed by atoms with Crippen molar-refractivity contribution >= 4 is 5.82 Å². The molecular weight excluding hydrogens is 262 g/mol. The monoisotopic (exact) mass is 283 g/mol. The maximum atomic E-state index is 4.44. The van der Waals surface area contributed by atoms with E-state index in [0.29, 0.717) is 5.92 Å². The van der Waals surface area contributed by atoms with E-state index in [-0.39, 0.29) is 0 Å². The molecule has 0 spiro atoms. The highest BCUT2D eigenvalue weighted by Gasteiger charge is 2.22. The number of likely N-dealkylation sites (tertiary alicyclic amines) is 1. The van der Waals surface area contributed by atoms with Crippen molar-refractivity contribution in [1.29, 1.82) is 0 Å². The van der Waals surface area contributed by atoms with Crippen LogP contribution in [0.25, 0.3) is 0 Å². The zero-order valence-electron chi connectivity index (χ0n) is 12.4. The molecule has 5 heteroatoms. The average molecular weight is 283 g/mol. The topological polar surface area (TPSA) is 53.9 Å². The smallest absolute Gasteiger partial charge is 0.130 e. The Labute approximate surface area is 125 Å². The van der Waals surface area contributed by atoms with Crippen LogP contribution >= 0.6 is 0 Å². The van der Waals surface area contributed by atoms with Gasteiger partial charge in [0.1, 0.15) is 5.82 Å². The minimum absolute atomic E-state index is 0.549. The summed E-state index contributed by atoms with van der Waals surface area (Å²) < 4.78 is 0. The molecule has 5 nitrogen and oxygen atoms in total. The predicted octanol–water partition coefficient (Wildman–Crippen LogP) is 2.29. The number of rotatable bonds is 4. The van der Waals surface area contributed by atoms with Gasteiger partial charge in [-0.1, -0.05) is 6.07 Å². The maximum Gasteiger partial charge on any atom is 0.130 e. The van der Waals surface area contributed by atoms with Crippen LogP contribution in [-0.4, -0.2) is 40.0 Å². The first-order valence-electron chi connectivity index (χ1n) is 7.46. The Morgan fingerprint density at radius 3 is 2.76 bits per heavy atom. The van der Waals surface area contributed by atoms with Crippen molar-refractivity contribution in [3.05, 3.63) is 48.2 Å². The molecule has 110 valence electrons. The molecule has 1 saturated heterocycles. The molecule has 0 atom stereocenters. The van der Waals surface area contributed by atoms with E-state index < -0.39 is 0 Å². The lowest BCUT2D eigenvalue weighted by atomic mass is 9.93. The van der Waals surface area contributed by atoms with Gasteiger partial charge in [0, 0.05) is 49.9 Å². The molecule has 2 aromatic heterocycles. The summed E-state index contributed by atoms with van der Waals surface area (Å²) in [6.45, 7) is 3.15. The van der Waals surface area contributed by atoms with Gasteiger partial charge in [0.25, 0.3) is 0 Å². The van der Waals surface area contributed by atoms with E-state index in [2.05, 4.69) is 31.2 Å². The average Bonchev–Trinajstić information content (AvgIpc) is 2.57. The number of nitrogens with zero attached hydrogens (tertiary/aromatic N) is 4. The van der Waals surface area contributed by atoms with E-state index in [1.54, 1.807) is 12.4 Å². The summed E-state index contributed by atoms with van der Waals surface area (Å²) in [4.78, 5) is 15.5. The molecule has 0 saturated carbocycles. The normalized spacial score (nSPS) is 16.8. The summed E-state index contributed by atoms with van der Waals surface area (Å²) in [5, 5.41) is 3.16. The molecule has 0 radical (unpaired) electrons. The van der Waals surface area contributed by atoms with Crippen LogP contribution in [0.5, 0.6) is 0 Å². The Morgan fingerprint density at radius 2 is 2.05 bits per heavy atom. The van der Waals surface area contributed by atoms with E-state index >= 15 is 0 Å². The van der Waals surface area contributed by atoms with E-state index in [1.165, 1.54) is 5.56 Å². The third-order valence-electron chi connectivity index (χ3n) is 4.11. The van der Waals surface area contributed by atoms with Gasteiger partial charge in [0.2, 0.25) is 0 Å². The lowest BCUT2D eigenvalue weighted by Crippen LogP contribution is -2.33. The molecule has 3 rings (SSSR count). The van der Waals surface area contributed by atoms with Gasteiger partial charge < -0.3 is 5.32 Å². The largest absolute Gasteiger partial charge is 0.373 e. The number of aromatic nitrogens is 3. The Hall–Kier alpha value is -2.01. The molecule has 21 heavy (non-hydrogen) atoms. The summed E-state index contributed by atoms with van der Waals surface area (Å²) in [6, 6.07) is 4.15. The highest BCUT2D eigenvalue weighted by Crippen LogP contribution is 2.27. The van der Waals surface area contributed by atoms with Crippen LogP contribution in [0.3, 0.4) is 0 Å². The van der Waals surface area contributed by atoms with Crippen LogP contribution in [0.4, 0.5) is 5.82 Å². The van der Waals surface area contributed by atoms with Crippen LogP contribution in [0.15, 0.2) is 36.9 Å². The van der Waals surface area contributed by atoms with E-state index in [0.717, 1.165) is 44.0 Å². The van der Waals surface area contributed by atoms with Gasteiger partial charge in [-0.05, 0) is 32.0 Å². The van der Waals surface area contributed by atoms with Crippen LogP contribution in [0.1, 0.15) is 30.0 Å². The van der Waals surface area contributed by atoms with E-state index in [1.807, 2.05) is 25.5 Å². The number of hydrogen-bond donors (Lipinski definition) is 1. The molecule has 1 fully saturated rings.